The van der Waals surface area contributed by atoms with Gasteiger partial charge in [0.25, 0.3) is 5.91 Å². The number of piperidine rings is 2. The summed E-state index contributed by atoms with van der Waals surface area (Å²) in [7, 11) is 0. The summed E-state index contributed by atoms with van der Waals surface area (Å²) in [4.78, 5) is 36.6. The molecule has 0 spiro atoms. The standard InChI is InChI=1S/C29H35N5O4/c35-28(25-7-5-23(6-8-25)21-32-16-2-1-3-17-32)31-26-9-11-27(12-10-26)38-29(36)33-19-13-24(14-20-33)22-37-34-18-4-15-30-34/h4-12,15,18,24H,1-3,13-14,16-17,19-22H2,(H,31,35). The lowest BCUT2D eigenvalue weighted by Crippen LogP contribution is -2.41. The van der Waals surface area contributed by atoms with Crippen molar-refractivity contribution in [1.29, 1.82) is 0 Å². The molecule has 3 aromatic rings. The van der Waals surface area contributed by atoms with E-state index < -0.39 is 0 Å². The lowest BCUT2D eigenvalue weighted by atomic mass is 9.98. The van der Waals surface area contributed by atoms with Crippen molar-refractivity contribution in [3.8, 4) is 5.75 Å². The van der Waals surface area contributed by atoms with E-state index in [1.165, 1.54) is 29.7 Å². The topological polar surface area (TPSA) is 88.9 Å². The maximum Gasteiger partial charge on any atom is 0.415 e. The maximum atomic E-state index is 12.7. The van der Waals surface area contributed by atoms with Crippen LogP contribution in [0.25, 0.3) is 0 Å². The van der Waals surface area contributed by atoms with Gasteiger partial charge in [-0.05, 0) is 92.7 Å². The average Bonchev–Trinajstić information content (AvgIpc) is 3.48. The molecule has 9 nitrogen and oxygen atoms in total. The highest BCUT2D eigenvalue weighted by Gasteiger charge is 2.25. The highest BCUT2D eigenvalue weighted by atomic mass is 16.7. The van der Waals surface area contributed by atoms with Gasteiger partial charge in [0.05, 0.1) is 12.4 Å². The zero-order valence-corrected chi connectivity index (χ0v) is 21.6. The predicted octanol–water partition coefficient (Wildman–Crippen LogP) is 4.46. The number of hydrogen-bond donors (Lipinski definition) is 1. The highest BCUT2D eigenvalue weighted by Crippen LogP contribution is 2.21. The fourth-order valence-electron chi connectivity index (χ4n) is 4.91. The van der Waals surface area contributed by atoms with Crippen molar-refractivity contribution in [2.24, 2.45) is 5.92 Å². The first-order chi connectivity index (χ1) is 18.6. The van der Waals surface area contributed by atoms with Crippen molar-refractivity contribution in [3.63, 3.8) is 0 Å². The molecule has 200 valence electrons. The molecule has 0 saturated carbocycles. The molecule has 0 radical (unpaired) electrons. The average molecular weight is 518 g/mol. The molecular formula is C29H35N5O4. The molecule has 3 heterocycles. The van der Waals surface area contributed by atoms with Gasteiger partial charge in [-0.25, -0.2) is 4.79 Å². The van der Waals surface area contributed by atoms with Gasteiger partial charge in [0.15, 0.2) is 0 Å². The van der Waals surface area contributed by atoms with Crippen LogP contribution in [0.3, 0.4) is 0 Å². The zero-order chi connectivity index (χ0) is 26.2. The van der Waals surface area contributed by atoms with Gasteiger partial charge in [-0.1, -0.05) is 18.6 Å². The summed E-state index contributed by atoms with van der Waals surface area (Å²) >= 11 is 0. The van der Waals surface area contributed by atoms with E-state index in [2.05, 4.69) is 15.3 Å². The van der Waals surface area contributed by atoms with Crippen molar-refractivity contribution in [3.05, 3.63) is 78.1 Å². The number of carbonyl (C=O) groups excluding carboxylic acids is 2. The molecule has 9 heteroatoms. The van der Waals surface area contributed by atoms with Crippen LogP contribution >= 0.6 is 0 Å². The van der Waals surface area contributed by atoms with Crippen LogP contribution in [0.15, 0.2) is 67.0 Å². The number of anilines is 1. The molecule has 2 aliphatic heterocycles. The molecule has 38 heavy (non-hydrogen) atoms. The summed E-state index contributed by atoms with van der Waals surface area (Å²) in [6, 6.07) is 16.5. The summed E-state index contributed by atoms with van der Waals surface area (Å²) in [6.45, 7) is 5.04. The van der Waals surface area contributed by atoms with Gasteiger partial charge in [0.2, 0.25) is 0 Å². The van der Waals surface area contributed by atoms with Gasteiger partial charge in [-0.2, -0.15) is 0 Å². The van der Waals surface area contributed by atoms with E-state index in [0.717, 1.165) is 32.5 Å². The Kier molecular flexibility index (Phi) is 8.55. The van der Waals surface area contributed by atoms with Gasteiger partial charge in [0.1, 0.15) is 12.4 Å². The van der Waals surface area contributed by atoms with Crippen LogP contribution in [0.4, 0.5) is 10.5 Å². The third-order valence-electron chi connectivity index (χ3n) is 7.18. The molecule has 0 atom stereocenters. The first-order valence-electron chi connectivity index (χ1n) is 13.4. The maximum absolute atomic E-state index is 12.7. The Labute approximate surface area is 223 Å². The van der Waals surface area contributed by atoms with Gasteiger partial charge in [-0.15, -0.1) is 9.94 Å². The molecule has 0 unspecified atom stereocenters. The molecule has 1 N–H and O–H groups in total. The fraction of sp³-hybridized carbons (Fsp3) is 0.414. The molecule has 2 amide bonds. The second-order valence-corrected chi connectivity index (χ2v) is 10.0. The number of benzene rings is 2. The second-order valence-electron chi connectivity index (χ2n) is 10.0. The number of ether oxygens (including phenoxy) is 1. The third kappa shape index (κ3) is 7.13. The smallest absolute Gasteiger partial charge is 0.410 e. The van der Waals surface area contributed by atoms with Crippen LogP contribution < -0.4 is 14.9 Å². The highest BCUT2D eigenvalue weighted by molar-refractivity contribution is 6.04. The van der Waals surface area contributed by atoms with Crippen molar-refractivity contribution < 1.29 is 19.2 Å². The van der Waals surface area contributed by atoms with Crippen LogP contribution in [-0.2, 0) is 6.54 Å². The van der Waals surface area contributed by atoms with E-state index in [1.807, 2.05) is 30.3 Å². The Morgan fingerprint density at radius 1 is 0.921 bits per heavy atom. The van der Waals surface area contributed by atoms with Crippen molar-refractivity contribution >= 4 is 17.7 Å². The fourth-order valence-corrected chi connectivity index (χ4v) is 4.91. The molecule has 5 rings (SSSR count). The quantitative estimate of drug-likeness (QED) is 0.475. The minimum absolute atomic E-state index is 0.168. The SMILES string of the molecule is O=C(Nc1ccc(OC(=O)N2CCC(COn3cccn3)CC2)cc1)c1ccc(CN2CCCCC2)cc1. The second kappa shape index (κ2) is 12.6. The summed E-state index contributed by atoms with van der Waals surface area (Å²) < 4.78 is 5.55. The Balaban J connectivity index is 1.05. The largest absolute Gasteiger partial charge is 0.415 e. The molecule has 2 aromatic carbocycles. The molecule has 2 fully saturated rings. The molecular weight excluding hydrogens is 482 g/mol. The lowest BCUT2D eigenvalue weighted by Gasteiger charge is -2.30. The molecule has 0 aliphatic carbocycles. The van der Waals surface area contributed by atoms with Gasteiger partial charge in [-0.3, -0.25) is 9.69 Å². The predicted molar refractivity (Wildman–Crippen MR) is 144 cm³/mol. The summed E-state index contributed by atoms with van der Waals surface area (Å²) in [5.41, 5.74) is 2.48. The Morgan fingerprint density at radius 3 is 2.34 bits per heavy atom. The minimum atomic E-state index is -0.363. The third-order valence-corrected chi connectivity index (χ3v) is 7.18. The van der Waals surface area contributed by atoms with Crippen molar-refractivity contribution in [1.82, 2.24) is 19.7 Å². The van der Waals surface area contributed by atoms with Crippen molar-refractivity contribution in [2.75, 3.05) is 38.1 Å². The van der Waals surface area contributed by atoms with E-state index in [0.29, 0.717) is 42.6 Å². The zero-order valence-electron chi connectivity index (χ0n) is 21.6. The number of nitrogens with one attached hydrogen (secondary N) is 1. The molecule has 2 saturated heterocycles. The van der Waals surface area contributed by atoms with Gasteiger partial charge >= 0.3 is 6.09 Å². The number of nitrogens with zero attached hydrogens (tertiary/aromatic N) is 4. The Hall–Kier alpha value is -3.85. The lowest BCUT2D eigenvalue weighted by molar-refractivity contribution is 0.0366. The first kappa shape index (κ1) is 25.8. The summed E-state index contributed by atoms with van der Waals surface area (Å²) in [6.07, 6.45) is 8.62. The van der Waals surface area contributed by atoms with E-state index in [1.54, 1.807) is 41.6 Å². The Morgan fingerprint density at radius 2 is 1.66 bits per heavy atom. The molecule has 1 aromatic heterocycles. The normalized spacial score (nSPS) is 16.7. The monoisotopic (exact) mass is 517 g/mol. The van der Waals surface area contributed by atoms with Gasteiger partial charge in [0, 0.05) is 30.9 Å². The van der Waals surface area contributed by atoms with E-state index >= 15 is 0 Å². The Bertz CT molecular complexity index is 1170. The number of hydrogen-bond acceptors (Lipinski definition) is 6. The van der Waals surface area contributed by atoms with E-state index in [9.17, 15) is 9.59 Å². The number of carbonyl (C=O) groups is 2. The first-order valence-corrected chi connectivity index (χ1v) is 13.4. The van der Waals surface area contributed by atoms with Crippen LogP contribution in [0.2, 0.25) is 0 Å². The number of amides is 2. The minimum Gasteiger partial charge on any atom is -0.410 e. The van der Waals surface area contributed by atoms with Crippen LogP contribution in [0, 0.1) is 5.92 Å². The van der Waals surface area contributed by atoms with Crippen LogP contribution in [-0.4, -0.2) is 64.5 Å². The van der Waals surface area contributed by atoms with E-state index in [4.69, 9.17) is 9.57 Å². The molecule has 0 bridgehead atoms. The summed E-state index contributed by atoms with van der Waals surface area (Å²) in [5, 5.41) is 6.95. The van der Waals surface area contributed by atoms with Crippen LogP contribution in [0.5, 0.6) is 5.75 Å². The number of rotatable bonds is 8. The molecule has 2 aliphatic rings. The van der Waals surface area contributed by atoms with Gasteiger partial charge < -0.3 is 19.8 Å². The van der Waals surface area contributed by atoms with E-state index in [-0.39, 0.29) is 12.0 Å². The number of likely N-dealkylation sites (tertiary alicyclic amines) is 2. The summed E-state index contributed by atoms with van der Waals surface area (Å²) in [5.74, 6) is 0.648. The van der Waals surface area contributed by atoms with Crippen LogP contribution in [0.1, 0.15) is 48.0 Å². The number of aromatic nitrogens is 2. The van der Waals surface area contributed by atoms with Crippen molar-refractivity contribution in [2.45, 2.75) is 38.6 Å².